The van der Waals surface area contributed by atoms with Crippen LogP contribution in [0.15, 0.2) is 206 Å². The average molecular weight is 823 g/mol. The third kappa shape index (κ3) is 5.32. The molecule has 2 nitrogen and oxygen atoms in total. The van der Waals surface area contributed by atoms with Gasteiger partial charge in [0.1, 0.15) is 0 Å². The van der Waals surface area contributed by atoms with Crippen LogP contribution in [-0.4, -0.2) is 0 Å². The van der Waals surface area contributed by atoms with Crippen LogP contribution in [0.5, 0.6) is 0 Å². The smallest absolute Gasteiger partial charge is 0.0546 e. The predicted molar refractivity (Wildman–Crippen MR) is 267 cm³/mol. The Morgan fingerprint density at radius 2 is 0.922 bits per heavy atom. The first-order valence-electron chi connectivity index (χ1n) is 23.3. The fourth-order valence-electron chi connectivity index (χ4n) is 13.1. The molecule has 64 heavy (non-hydrogen) atoms. The molecule has 13 rings (SSSR count). The van der Waals surface area contributed by atoms with Crippen molar-refractivity contribution in [3.63, 3.8) is 0 Å². The van der Waals surface area contributed by atoms with Crippen LogP contribution in [0.2, 0.25) is 0 Å². The molecule has 1 saturated carbocycles. The van der Waals surface area contributed by atoms with Gasteiger partial charge in [-0.2, -0.15) is 0 Å². The average Bonchev–Trinajstić information content (AvgIpc) is 4.04. The lowest BCUT2D eigenvalue weighted by Crippen LogP contribution is -2.34. The summed E-state index contributed by atoms with van der Waals surface area (Å²) in [4.78, 5) is 5.23. The van der Waals surface area contributed by atoms with E-state index >= 15 is 0 Å². The minimum atomic E-state index is -0.159. The molecular formula is C62H50N2. The zero-order valence-corrected chi connectivity index (χ0v) is 36.5. The first kappa shape index (κ1) is 37.4. The van der Waals surface area contributed by atoms with E-state index in [1.165, 1.54) is 113 Å². The van der Waals surface area contributed by atoms with Gasteiger partial charge in [0.15, 0.2) is 0 Å². The highest BCUT2D eigenvalue weighted by Gasteiger charge is 2.62. The van der Waals surface area contributed by atoms with Gasteiger partial charge in [0.25, 0.3) is 0 Å². The number of nitrogens with zero attached hydrogens (tertiary/aromatic N) is 2. The van der Waals surface area contributed by atoms with Crippen LogP contribution in [0.4, 0.5) is 34.1 Å². The normalized spacial score (nSPS) is 19.3. The molecule has 308 valence electrons. The van der Waals surface area contributed by atoms with Crippen LogP contribution in [0.25, 0.3) is 33.0 Å². The summed E-state index contributed by atoms with van der Waals surface area (Å²) in [5, 5.41) is 2.49. The zero-order chi connectivity index (χ0) is 42.6. The van der Waals surface area contributed by atoms with Crippen molar-refractivity contribution in [3.8, 4) is 22.3 Å². The summed E-state index contributed by atoms with van der Waals surface area (Å²) in [5.74, 6) is 1.01. The molecule has 0 N–H and O–H groups in total. The maximum absolute atomic E-state index is 2.62. The second-order valence-corrected chi connectivity index (χ2v) is 19.2. The van der Waals surface area contributed by atoms with E-state index in [1.807, 2.05) is 0 Å². The molecule has 0 bridgehead atoms. The quantitative estimate of drug-likeness (QED) is 0.158. The van der Waals surface area contributed by atoms with Crippen molar-refractivity contribution in [1.82, 2.24) is 0 Å². The number of para-hydroxylation sites is 2. The maximum Gasteiger partial charge on any atom is 0.0546 e. The monoisotopic (exact) mass is 822 g/mol. The van der Waals surface area contributed by atoms with E-state index in [-0.39, 0.29) is 10.8 Å². The van der Waals surface area contributed by atoms with Crippen molar-refractivity contribution in [2.75, 3.05) is 9.80 Å². The largest absolute Gasteiger partial charge is 0.310 e. The molecule has 3 atom stereocenters. The summed E-state index contributed by atoms with van der Waals surface area (Å²) in [5.41, 5.74) is 21.2. The summed E-state index contributed by atoms with van der Waals surface area (Å²) >= 11 is 0. The Morgan fingerprint density at radius 1 is 0.391 bits per heavy atom. The molecule has 1 fully saturated rings. The molecule has 0 amide bonds. The third-order valence-electron chi connectivity index (χ3n) is 15.7. The van der Waals surface area contributed by atoms with Crippen LogP contribution in [-0.2, 0) is 23.7 Å². The number of hydrogen-bond acceptors (Lipinski definition) is 2. The lowest BCUT2D eigenvalue weighted by atomic mass is 9.68. The lowest BCUT2D eigenvalue weighted by molar-refractivity contribution is 0.350. The third-order valence-corrected chi connectivity index (χ3v) is 15.7. The molecule has 2 heteroatoms. The van der Waals surface area contributed by atoms with E-state index < -0.39 is 0 Å². The summed E-state index contributed by atoms with van der Waals surface area (Å²) in [6.45, 7) is 4.80. The summed E-state index contributed by atoms with van der Waals surface area (Å²) in [6, 6.07) is 77.8. The highest BCUT2D eigenvalue weighted by atomic mass is 15.2. The Balaban J connectivity index is 1.07. The van der Waals surface area contributed by atoms with Crippen LogP contribution < -0.4 is 9.80 Å². The van der Waals surface area contributed by atoms with E-state index in [9.17, 15) is 0 Å². The molecule has 9 aromatic carbocycles. The van der Waals surface area contributed by atoms with Crippen LogP contribution in [0, 0.1) is 11.8 Å². The van der Waals surface area contributed by atoms with Gasteiger partial charge in [0.05, 0.1) is 17.1 Å². The van der Waals surface area contributed by atoms with Crippen molar-refractivity contribution in [3.05, 3.63) is 240 Å². The van der Waals surface area contributed by atoms with Crippen molar-refractivity contribution in [2.45, 2.75) is 50.4 Å². The van der Waals surface area contributed by atoms with E-state index in [1.54, 1.807) is 0 Å². The van der Waals surface area contributed by atoms with Gasteiger partial charge in [-0.25, -0.2) is 0 Å². The molecule has 0 aromatic heterocycles. The zero-order valence-electron chi connectivity index (χ0n) is 36.5. The van der Waals surface area contributed by atoms with Gasteiger partial charge < -0.3 is 9.80 Å². The van der Waals surface area contributed by atoms with Crippen LogP contribution in [0.1, 0.15) is 60.1 Å². The fraction of sp³-hybridized carbons (Fsp3) is 0.161. The highest BCUT2D eigenvalue weighted by molar-refractivity contribution is 5.99. The van der Waals surface area contributed by atoms with Crippen molar-refractivity contribution >= 4 is 44.9 Å². The lowest BCUT2D eigenvalue weighted by Gasteiger charge is -2.40. The van der Waals surface area contributed by atoms with Crippen molar-refractivity contribution < 1.29 is 0 Å². The number of hydrogen-bond donors (Lipinski definition) is 0. The molecule has 4 aliphatic rings. The second kappa shape index (κ2) is 14.2. The van der Waals surface area contributed by atoms with Gasteiger partial charge in [-0.15, -0.1) is 0 Å². The van der Waals surface area contributed by atoms with E-state index in [0.29, 0.717) is 11.8 Å². The van der Waals surface area contributed by atoms with E-state index in [2.05, 4.69) is 230 Å². The van der Waals surface area contributed by atoms with E-state index in [4.69, 9.17) is 0 Å². The summed E-state index contributed by atoms with van der Waals surface area (Å²) in [6.07, 6.45) is 4.66. The SMILES string of the molecule is CC1(C)c2ccccc2-c2ccc(N(c3ccccc3)c3cccc4c3C35c6c(cccc6N(c6ccccc6)c6cc7ccccc7cc6-c6ccccc6)CC3CCC5C4)cc21. The van der Waals surface area contributed by atoms with Gasteiger partial charge in [-0.05, 0) is 159 Å². The maximum atomic E-state index is 2.62. The molecule has 0 saturated heterocycles. The van der Waals surface area contributed by atoms with Gasteiger partial charge in [0, 0.05) is 33.5 Å². The van der Waals surface area contributed by atoms with Crippen LogP contribution in [0.3, 0.4) is 0 Å². The number of fused-ring (bicyclic) bond motifs is 6. The number of anilines is 6. The number of benzene rings is 9. The Labute approximate surface area is 377 Å². The highest BCUT2D eigenvalue weighted by Crippen LogP contribution is 2.69. The fourth-order valence-corrected chi connectivity index (χ4v) is 13.1. The Kier molecular flexibility index (Phi) is 8.28. The van der Waals surface area contributed by atoms with Gasteiger partial charge in [-0.3, -0.25) is 0 Å². The van der Waals surface area contributed by atoms with Crippen molar-refractivity contribution in [1.29, 1.82) is 0 Å². The first-order chi connectivity index (χ1) is 31.5. The Bertz CT molecular complexity index is 3270. The van der Waals surface area contributed by atoms with Crippen LogP contribution >= 0.6 is 0 Å². The minimum Gasteiger partial charge on any atom is -0.310 e. The molecule has 1 spiro atoms. The minimum absolute atomic E-state index is 0.106. The van der Waals surface area contributed by atoms with Gasteiger partial charge >= 0.3 is 0 Å². The predicted octanol–water partition coefficient (Wildman–Crippen LogP) is 16.2. The summed E-state index contributed by atoms with van der Waals surface area (Å²) in [7, 11) is 0. The summed E-state index contributed by atoms with van der Waals surface area (Å²) < 4.78 is 0. The molecule has 3 unspecified atom stereocenters. The molecular weight excluding hydrogens is 773 g/mol. The molecule has 9 aromatic rings. The molecule has 0 radical (unpaired) electrons. The molecule has 0 heterocycles. The van der Waals surface area contributed by atoms with Crippen molar-refractivity contribution in [2.24, 2.45) is 11.8 Å². The van der Waals surface area contributed by atoms with Gasteiger partial charge in [-0.1, -0.05) is 159 Å². The van der Waals surface area contributed by atoms with E-state index in [0.717, 1.165) is 12.8 Å². The molecule has 0 aliphatic heterocycles. The van der Waals surface area contributed by atoms with Gasteiger partial charge in [0.2, 0.25) is 0 Å². The Morgan fingerprint density at radius 3 is 1.58 bits per heavy atom. The Hall–Kier alpha value is -7.16. The molecule has 4 aliphatic carbocycles. The topological polar surface area (TPSA) is 6.48 Å². The first-order valence-corrected chi connectivity index (χ1v) is 23.3. The standard InChI is InChI=1S/C62H50N2/c1-61(2)54-29-15-14-28-51(54)52-35-34-50(40-55(52)61)63(48-24-8-4-9-25-48)56-30-16-22-44-36-46-32-33-47-37-45-23-17-31-57(60(45)62(46,47)59(44)56)64(49-26-10-5-11-27-49)58-39-43-21-13-12-20-42(43)38-53(58)41-18-6-3-7-19-41/h3-31,34-35,38-40,46-47H,32-33,36-37H2,1-2H3. The second-order valence-electron chi connectivity index (χ2n) is 19.2. The number of rotatable bonds is 7.